The summed E-state index contributed by atoms with van der Waals surface area (Å²) in [4.78, 5) is 27.6. The number of anilines is 1. The zero-order valence-electron chi connectivity index (χ0n) is 17.9. The molecule has 0 heterocycles. The maximum Gasteiger partial charge on any atom is 0.322 e. The second-order valence-corrected chi connectivity index (χ2v) is 8.39. The summed E-state index contributed by atoms with van der Waals surface area (Å²) in [7, 11) is 0. The Morgan fingerprint density at radius 2 is 1.75 bits per heavy atom. The van der Waals surface area contributed by atoms with E-state index in [4.69, 9.17) is 5.11 Å². The number of aliphatic carboxylic acids is 1. The van der Waals surface area contributed by atoms with Crippen molar-refractivity contribution in [1.82, 2.24) is 5.32 Å². The van der Waals surface area contributed by atoms with Crippen molar-refractivity contribution in [2.75, 3.05) is 11.4 Å². The van der Waals surface area contributed by atoms with E-state index < -0.39 is 5.97 Å². The lowest BCUT2D eigenvalue weighted by Crippen LogP contribution is -2.41. The minimum atomic E-state index is -0.847. The van der Waals surface area contributed by atoms with Crippen LogP contribution in [0.3, 0.4) is 0 Å². The number of nitrogens with one attached hydrogen (secondary N) is 1. The molecule has 2 N–H and O–H groups in total. The van der Waals surface area contributed by atoms with Gasteiger partial charge in [-0.25, -0.2) is 4.79 Å². The highest BCUT2D eigenvalue weighted by atomic mass is 32.2. The zero-order valence-corrected chi connectivity index (χ0v) is 18.7. The largest absolute Gasteiger partial charge is 0.481 e. The topological polar surface area (TPSA) is 69.6 Å². The van der Waals surface area contributed by atoms with E-state index >= 15 is 0 Å². The number of urea groups is 1. The van der Waals surface area contributed by atoms with Gasteiger partial charge in [-0.05, 0) is 48.4 Å². The number of benzene rings is 3. The van der Waals surface area contributed by atoms with Gasteiger partial charge in [0.1, 0.15) is 0 Å². The van der Waals surface area contributed by atoms with Crippen LogP contribution in [0, 0.1) is 0 Å². The molecule has 0 saturated heterocycles. The molecule has 164 valence electrons. The minimum absolute atomic E-state index is 0.00653. The van der Waals surface area contributed by atoms with E-state index in [1.54, 1.807) is 22.7 Å². The summed E-state index contributed by atoms with van der Waals surface area (Å²) in [6, 6.07) is 24.9. The van der Waals surface area contributed by atoms with E-state index in [0.717, 1.165) is 26.6 Å². The van der Waals surface area contributed by atoms with E-state index in [1.165, 1.54) is 0 Å². The molecule has 3 rings (SSSR count). The van der Waals surface area contributed by atoms with Crippen LogP contribution in [0.4, 0.5) is 10.5 Å². The van der Waals surface area contributed by atoms with Gasteiger partial charge in [-0.1, -0.05) is 66.4 Å². The molecule has 5 nitrogen and oxygen atoms in total. The lowest BCUT2D eigenvalue weighted by molar-refractivity contribution is -0.136. The van der Waals surface area contributed by atoms with Crippen molar-refractivity contribution in [3.05, 3.63) is 103 Å². The van der Waals surface area contributed by atoms with Gasteiger partial charge in [0.2, 0.25) is 0 Å². The molecule has 6 heteroatoms. The lowest BCUT2D eigenvalue weighted by atomic mass is 10.1. The van der Waals surface area contributed by atoms with Gasteiger partial charge in [0, 0.05) is 22.0 Å². The van der Waals surface area contributed by atoms with Gasteiger partial charge in [0.25, 0.3) is 0 Å². The Hall–Kier alpha value is -3.51. The van der Waals surface area contributed by atoms with E-state index in [0.29, 0.717) is 6.54 Å². The molecule has 3 aromatic rings. The molecule has 0 fully saturated rings. The molecule has 0 spiro atoms. The fraction of sp³-hybridized carbons (Fsp3) is 0.154. The second kappa shape index (κ2) is 11.2. The number of amides is 2. The Balaban J connectivity index is 1.85. The predicted octanol–water partition coefficient (Wildman–Crippen LogP) is 5.93. The highest BCUT2D eigenvalue weighted by molar-refractivity contribution is 7.99. The van der Waals surface area contributed by atoms with E-state index in [-0.39, 0.29) is 18.5 Å². The summed E-state index contributed by atoms with van der Waals surface area (Å²) < 4.78 is 0. The molecule has 0 saturated carbocycles. The first kappa shape index (κ1) is 23.2. The Labute approximate surface area is 192 Å². The van der Waals surface area contributed by atoms with Gasteiger partial charge < -0.3 is 10.4 Å². The van der Waals surface area contributed by atoms with Crippen LogP contribution in [0.1, 0.15) is 24.1 Å². The van der Waals surface area contributed by atoms with E-state index in [2.05, 4.69) is 11.9 Å². The number of carboxylic acid groups (broad SMARTS) is 1. The average molecular weight is 447 g/mol. The van der Waals surface area contributed by atoms with Gasteiger partial charge in [-0.2, -0.15) is 0 Å². The molecule has 2 amide bonds. The number of hydrogen-bond donors (Lipinski definition) is 2. The van der Waals surface area contributed by atoms with Crippen molar-refractivity contribution in [3.63, 3.8) is 0 Å². The summed E-state index contributed by atoms with van der Waals surface area (Å²) in [6.07, 6.45) is 1.66. The first-order valence-corrected chi connectivity index (χ1v) is 11.1. The third kappa shape index (κ3) is 6.25. The molecular weight excluding hydrogens is 420 g/mol. The maximum absolute atomic E-state index is 13.0. The van der Waals surface area contributed by atoms with Crippen molar-refractivity contribution in [2.45, 2.75) is 29.2 Å². The van der Waals surface area contributed by atoms with E-state index in [1.807, 2.05) is 85.8 Å². The van der Waals surface area contributed by atoms with Crippen molar-refractivity contribution in [1.29, 1.82) is 0 Å². The average Bonchev–Trinajstić information content (AvgIpc) is 2.79. The van der Waals surface area contributed by atoms with Crippen molar-refractivity contribution >= 4 is 29.4 Å². The Morgan fingerprint density at radius 1 is 1.03 bits per heavy atom. The molecule has 0 aromatic heterocycles. The number of carboxylic acids is 1. The number of carbonyl (C=O) groups excluding carboxylic acids is 1. The molecule has 0 bridgehead atoms. The van der Waals surface area contributed by atoms with Gasteiger partial charge in [-0.15, -0.1) is 6.58 Å². The van der Waals surface area contributed by atoms with E-state index in [9.17, 15) is 9.59 Å². The molecule has 1 unspecified atom stereocenters. The second-order valence-electron chi connectivity index (χ2n) is 7.25. The normalized spacial score (nSPS) is 11.4. The summed E-state index contributed by atoms with van der Waals surface area (Å²) in [5.74, 6) is -0.847. The number of hydrogen-bond acceptors (Lipinski definition) is 3. The fourth-order valence-electron chi connectivity index (χ4n) is 3.32. The summed E-state index contributed by atoms with van der Waals surface area (Å²) in [5.41, 5.74) is 2.58. The maximum atomic E-state index is 13.0. The molecule has 0 aliphatic rings. The zero-order chi connectivity index (χ0) is 22.9. The third-order valence-corrected chi connectivity index (χ3v) is 5.89. The van der Waals surface area contributed by atoms with Gasteiger partial charge in [0.15, 0.2) is 0 Å². The van der Waals surface area contributed by atoms with Crippen LogP contribution in [-0.2, 0) is 11.2 Å². The van der Waals surface area contributed by atoms with Crippen LogP contribution in [0.2, 0.25) is 0 Å². The van der Waals surface area contributed by atoms with Crippen molar-refractivity contribution in [3.8, 4) is 0 Å². The monoisotopic (exact) mass is 446 g/mol. The van der Waals surface area contributed by atoms with Crippen LogP contribution in [0.15, 0.2) is 101 Å². The third-order valence-electron chi connectivity index (χ3n) is 4.90. The van der Waals surface area contributed by atoms with Crippen LogP contribution in [0.5, 0.6) is 0 Å². The highest BCUT2D eigenvalue weighted by Crippen LogP contribution is 2.33. The predicted molar refractivity (Wildman–Crippen MR) is 129 cm³/mol. The van der Waals surface area contributed by atoms with Crippen molar-refractivity contribution in [2.24, 2.45) is 0 Å². The Kier molecular flexibility index (Phi) is 8.11. The molecule has 0 aliphatic carbocycles. The molecule has 0 radical (unpaired) electrons. The Bertz CT molecular complexity index is 1070. The minimum Gasteiger partial charge on any atom is -0.481 e. The summed E-state index contributed by atoms with van der Waals surface area (Å²) in [6.45, 7) is 6.07. The molecule has 0 aliphatic heterocycles. The van der Waals surface area contributed by atoms with Crippen molar-refractivity contribution < 1.29 is 14.7 Å². The van der Waals surface area contributed by atoms with Crippen LogP contribution in [-0.4, -0.2) is 23.7 Å². The van der Waals surface area contributed by atoms with Crippen LogP contribution >= 0.6 is 11.8 Å². The van der Waals surface area contributed by atoms with Crippen LogP contribution < -0.4 is 10.2 Å². The standard InChI is InChI=1S/C26H26N2O3S/c1-3-16-27-26(31)28(19(2)21-8-5-4-6-9-21)22-10-7-11-24(18-22)32-23-14-12-20(13-15-23)17-25(29)30/h3-15,18-19H,1,16-17H2,2H3,(H,27,31)(H,29,30). The summed E-state index contributed by atoms with van der Waals surface area (Å²) in [5, 5.41) is 11.8. The smallest absolute Gasteiger partial charge is 0.322 e. The fourth-order valence-corrected chi connectivity index (χ4v) is 4.20. The highest BCUT2D eigenvalue weighted by Gasteiger charge is 2.23. The Morgan fingerprint density at radius 3 is 2.41 bits per heavy atom. The number of rotatable bonds is 9. The van der Waals surface area contributed by atoms with Gasteiger partial charge in [-0.3, -0.25) is 9.69 Å². The SMILES string of the molecule is C=CCNC(=O)N(c1cccc(Sc2ccc(CC(=O)O)cc2)c1)C(C)c1ccccc1. The summed E-state index contributed by atoms with van der Waals surface area (Å²) >= 11 is 1.56. The molecular formula is C26H26N2O3S. The first-order chi connectivity index (χ1) is 15.5. The first-order valence-electron chi connectivity index (χ1n) is 10.3. The number of nitrogens with zero attached hydrogens (tertiary/aromatic N) is 1. The molecule has 3 aromatic carbocycles. The number of carbonyl (C=O) groups is 2. The van der Waals surface area contributed by atoms with Crippen LogP contribution in [0.25, 0.3) is 0 Å². The molecule has 1 atom stereocenters. The lowest BCUT2D eigenvalue weighted by Gasteiger charge is -2.30. The van der Waals surface area contributed by atoms with Gasteiger partial charge >= 0.3 is 12.0 Å². The van der Waals surface area contributed by atoms with Gasteiger partial charge in [0.05, 0.1) is 12.5 Å². The molecule has 32 heavy (non-hydrogen) atoms. The quantitative estimate of drug-likeness (QED) is 0.400.